The zero-order chi connectivity index (χ0) is 13.0. The van der Waals surface area contributed by atoms with E-state index in [4.69, 9.17) is 10.6 Å². The summed E-state index contributed by atoms with van der Waals surface area (Å²) in [5, 5.41) is 3.42. The second-order valence-corrected chi connectivity index (χ2v) is 4.94. The second-order valence-electron chi connectivity index (χ2n) is 4.94. The van der Waals surface area contributed by atoms with E-state index in [2.05, 4.69) is 34.6 Å². The minimum Gasteiger partial charge on any atom is -0.379 e. The summed E-state index contributed by atoms with van der Waals surface area (Å²) in [7, 11) is 0. The van der Waals surface area contributed by atoms with Gasteiger partial charge in [-0.3, -0.25) is 0 Å². The van der Waals surface area contributed by atoms with Gasteiger partial charge in [0.2, 0.25) is 0 Å². The van der Waals surface area contributed by atoms with Crippen LogP contribution >= 0.6 is 0 Å². The molecule has 1 unspecified atom stereocenters. The fourth-order valence-corrected chi connectivity index (χ4v) is 2.05. The van der Waals surface area contributed by atoms with Gasteiger partial charge in [-0.2, -0.15) is 0 Å². The molecule has 2 heterocycles. The molecular weight excluding hydrogens is 230 g/mol. The van der Waals surface area contributed by atoms with E-state index >= 15 is 0 Å². The number of aromatic nitrogens is 2. The van der Waals surface area contributed by atoms with Crippen LogP contribution in [-0.2, 0) is 11.2 Å². The molecule has 0 spiro atoms. The largest absolute Gasteiger partial charge is 0.379 e. The van der Waals surface area contributed by atoms with Crippen LogP contribution in [0.25, 0.3) is 0 Å². The van der Waals surface area contributed by atoms with E-state index in [0.29, 0.717) is 12.4 Å². The quantitative estimate of drug-likeness (QED) is 0.540. The number of rotatable bonds is 5. The number of nitrogens with two attached hydrogens (primary N) is 1. The lowest BCUT2D eigenvalue weighted by molar-refractivity contribution is 0.185. The molecule has 0 aliphatic carbocycles. The van der Waals surface area contributed by atoms with Gasteiger partial charge >= 0.3 is 0 Å². The van der Waals surface area contributed by atoms with E-state index in [0.717, 1.165) is 37.5 Å². The highest BCUT2D eigenvalue weighted by molar-refractivity contribution is 5.48. The average molecular weight is 251 g/mol. The highest BCUT2D eigenvalue weighted by Gasteiger charge is 2.29. The normalized spacial score (nSPS) is 23.1. The molecule has 0 radical (unpaired) electrons. The Balaban J connectivity index is 2.17. The molecule has 2 rings (SSSR count). The molecule has 0 aromatic carbocycles. The number of nitrogen functional groups attached to an aromatic ring is 1. The van der Waals surface area contributed by atoms with Crippen molar-refractivity contribution in [1.82, 2.24) is 9.97 Å². The lowest BCUT2D eigenvalue weighted by atomic mass is 10.0. The molecule has 1 fully saturated rings. The van der Waals surface area contributed by atoms with E-state index in [1.807, 2.05) is 6.07 Å². The van der Waals surface area contributed by atoms with Crippen molar-refractivity contribution in [1.29, 1.82) is 0 Å². The third-order valence-electron chi connectivity index (χ3n) is 3.04. The Bertz CT molecular complexity index is 403. The Hall–Kier alpha value is -1.40. The van der Waals surface area contributed by atoms with Gasteiger partial charge in [-0.15, -0.1) is 0 Å². The van der Waals surface area contributed by atoms with Crippen LogP contribution in [0.1, 0.15) is 32.5 Å². The molecule has 6 nitrogen and oxygen atoms in total. The molecule has 1 aliphatic heterocycles. The van der Waals surface area contributed by atoms with E-state index in [1.165, 1.54) is 0 Å². The zero-order valence-electron chi connectivity index (χ0n) is 11.0. The van der Waals surface area contributed by atoms with Gasteiger partial charge in [-0.1, -0.05) is 6.92 Å². The van der Waals surface area contributed by atoms with Gasteiger partial charge in [-0.05, 0) is 19.8 Å². The second kappa shape index (κ2) is 5.49. The minimum absolute atomic E-state index is 0.0519. The van der Waals surface area contributed by atoms with Gasteiger partial charge in [0.25, 0.3) is 0 Å². The maximum absolute atomic E-state index is 5.43. The van der Waals surface area contributed by atoms with Crippen LogP contribution in [0.5, 0.6) is 0 Å². The molecule has 0 amide bonds. The Morgan fingerprint density at radius 2 is 2.22 bits per heavy atom. The number of anilines is 2. The fraction of sp³-hybridized carbons (Fsp3) is 0.667. The first-order chi connectivity index (χ1) is 8.65. The van der Waals surface area contributed by atoms with Crippen molar-refractivity contribution in [2.75, 3.05) is 24.0 Å². The Kier molecular flexibility index (Phi) is 3.98. The van der Waals surface area contributed by atoms with Crippen molar-refractivity contribution in [3.8, 4) is 0 Å². The van der Waals surface area contributed by atoms with Crippen molar-refractivity contribution in [3.05, 3.63) is 11.9 Å². The highest BCUT2D eigenvalue weighted by Crippen LogP contribution is 2.23. The summed E-state index contributed by atoms with van der Waals surface area (Å²) in [4.78, 5) is 8.83. The predicted octanol–water partition coefficient (Wildman–Crippen LogP) is 1.31. The first-order valence-corrected chi connectivity index (χ1v) is 6.36. The van der Waals surface area contributed by atoms with Gasteiger partial charge in [-0.25, -0.2) is 15.8 Å². The Morgan fingerprint density at radius 3 is 2.83 bits per heavy atom. The van der Waals surface area contributed by atoms with Gasteiger partial charge in [0.05, 0.1) is 12.1 Å². The lowest BCUT2D eigenvalue weighted by Gasteiger charge is -2.24. The summed E-state index contributed by atoms with van der Waals surface area (Å²) in [5.74, 6) is 7.67. The van der Waals surface area contributed by atoms with Gasteiger partial charge in [0.1, 0.15) is 17.5 Å². The van der Waals surface area contributed by atoms with Crippen molar-refractivity contribution in [3.63, 3.8) is 0 Å². The number of hydrazine groups is 1. The van der Waals surface area contributed by atoms with Gasteiger partial charge in [0.15, 0.2) is 0 Å². The lowest BCUT2D eigenvalue weighted by Crippen LogP contribution is -2.35. The van der Waals surface area contributed by atoms with Crippen molar-refractivity contribution < 1.29 is 4.74 Å². The van der Waals surface area contributed by atoms with Gasteiger partial charge in [0, 0.05) is 19.1 Å². The molecular formula is C12H21N5O. The van der Waals surface area contributed by atoms with Crippen LogP contribution in [0.3, 0.4) is 0 Å². The monoisotopic (exact) mass is 251 g/mol. The Morgan fingerprint density at radius 1 is 1.44 bits per heavy atom. The fourth-order valence-electron chi connectivity index (χ4n) is 2.05. The SMILES string of the molecule is CCCc1nc(NN)cc(NC2(C)CCOC2)n1. The number of nitrogens with one attached hydrogen (secondary N) is 2. The topological polar surface area (TPSA) is 85.1 Å². The highest BCUT2D eigenvalue weighted by atomic mass is 16.5. The first-order valence-electron chi connectivity index (χ1n) is 6.36. The first kappa shape index (κ1) is 13.0. The molecule has 1 aromatic rings. The van der Waals surface area contributed by atoms with Crippen LogP contribution < -0.4 is 16.6 Å². The van der Waals surface area contributed by atoms with E-state index < -0.39 is 0 Å². The summed E-state index contributed by atoms with van der Waals surface area (Å²) in [6.07, 6.45) is 2.83. The molecule has 1 atom stereocenters. The Labute approximate surface area is 107 Å². The van der Waals surface area contributed by atoms with Crippen LogP contribution in [0.2, 0.25) is 0 Å². The number of ether oxygens (including phenoxy) is 1. The van der Waals surface area contributed by atoms with Crippen LogP contribution in [0.15, 0.2) is 6.07 Å². The molecule has 4 N–H and O–H groups in total. The van der Waals surface area contributed by atoms with Crippen molar-refractivity contribution in [2.45, 2.75) is 38.6 Å². The summed E-state index contributed by atoms with van der Waals surface area (Å²) >= 11 is 0. The summed E-state index contributed by atoms with van der Waals surface area (Å²) in [5.41, 5.74) is 2.53. The number of hydrogen-bond acceptors (Lipinski definition) is 6. The predicted molar refractivity (Wildman–Crippen MR) is 71.3 cm³/mol. The zero-order valence-corrected chi connectivity index (χ0v) is 11.0. The summed E-state index contributed by atoms with van der Waals surface area (Å²) < 4.78 is 5.42. The number of hydrogen-bond donors (Lipinski definition) is 3. The molecule has 1 aromatic heterocycles. The molecule has 1 aliphatic rings. The molecule has 0 saturated carbocycles. The van der Waals surface area contributed by atoms with Crippen LogP contribution in [0.4, 0.5) is 11.6 Å². The number of nitrogens with zero attached hydrogens (tertiary/aromatic N) is 2. The maximum atomic E-state index is 5.43. The van der Waals surface area contributed by atoms with Gasteiger partial charge < -0.3 is 15.5 Å². The van der Waals surface area contributed by atoms with E-state index in [-0.39, 0.29) is 5.54 Å². The molecule has 0 bridgehead atoms. The number of aryl methyl sites for hydroxylation is 1. The molecule has 1 saturated heterocycles. The smallest absolute Gasteiger partial charge is 0.145 e. The minimum atomic E-state index is -0.0519. The maximum Gasteiger partial charge on any atom is 0.145 e. The third-order valence-corrected chi connectivity index (χ3v) is 3.04. The van der Waals surface area contributed by atoms with E-state index in [1.54, 1.807) is 0 Å². The average Bonchev–Trinajstić information content (AvgIpc) is 2.75. The molecule has 18 heavy (non-hydrogen) atoms. The summed E-state index contributed by atoms with van der Waals surface area (Å²) in [6, 6.07) is 1.82. The van der Waals surface area contributed by atoms with Crippen molar-refractivity contribution >= 4 is 11.6 Å². The van der Waals surface area contributed by atoms with Crippen LogP contribution in [-0.4, -0.2) is 28.7 Å². The van der Waals surface area contributed by atoms with Crippen LogP contribution in [0, 0.1) is 0 Å². The molecule has 6 heteroatoms. The van der Waals surface area contributed by atoms with E-state index in [9.17, 15) is 0 Å². The standard InChI is InChI=1S/C12H21N5O/c1-3-4-9-14-10(7-11(15-9)17-13)16-12(2)5-6-18-8-12/h7H,3-6,8,13H2,1-2H3,(H2,14,15,16,17). The molecule has 100 valence electrons. The summed E-state index contributed by atoms with van der Waals surface area (Å²) in [6.45, 7) is 5.73. The van der Waals surface area contributed by atoms with Crippen molar-refractivity contribution in [2.24, 2.45) is 5.84 Å². The third kappa shape index (κ3) is 3.08.